The largest absolute Gasteiger partial charge is 0.497 e. The third-order valence-electron chi connectivity index (χ3n) is 6.22. The molecule has 202 valence electrons. The predicted octanol–water partition coefficient (Wildman–Crippen LogP) is 2.91. The van der Waals surface area contributed by atoms with Crippen molar-refractivity contribution in [1.29, 1.82) is 0 Å². The Morgan fingerprint density at radius 3 is 2.32 bits per heavy atom. The molecule has 1 aliphatic rings. The Morgan fingerprint density at radius 1 is 1.05 bits per heavy atom. The molecule has 37 heavy (non-hydrogen) atoms. The van der Waals surface area contributed by atoms with Gasteiger partial charge in [-0.1, -0.05) is 26.0 Å². The van der Waals surface area contributed by atoms with E-state index in [1.165, 1.54) is 11.0 Å². The molecule has 0 aliphatic carbocycles. The SMILES string of the molecule is CCC(C)NC(=O)C(CC)N(Cc1ccc(OC)cc1)C(=O)CN(c1ccc2c(c1)OCO2)S(C)(=O)=O. The van der Waals surface area contributed by atoms with E-state index in [0.29, 0.717) is 23.7 Å². The molecule has 2 aromatic rings. The first-order chi connectivity index (χ1) is 17.6. The van der Waals surface area contributed by atoms with Crippen molar-refractivity contribution < 1.29 is 32.2 Å². The maximum Gasteiger partial charge on any atom is 0.244 e. The normalized spacial score (nSPS) is 14.0. The van der Waals surface area contributed by atoms with Gasteiger partial charge in [0.1, 0.15) is 18.3 Å². The van der Waals surface area contributed by atoms with Gasteiger partial charge in [0.2, 0.25) is 28.6 Å². The Balaban J connectivity index is 1.94. The van der Waals surface area contributed by atoms with Gasteiger partial charge < -0.3 is 24.4 Å². The summed E-state index contributed by atoms with van der Waals surface area (Å²) in [7, 11) is -2.29. The van der Waals surface area contributed by atoms with Crippen molar-refractivity contribution >= 4 is 27.5 Å². The Morgan fingerprint density at radius 2 is 1.73 bits per heavy atom. The highest BCUT2D eigenvalue weighted by Gasteiger charge is 2.32. The van der Waals surface area contributed by atoms with Gasteiger partial charge in [0, 0.05) is 18.7 Å². The van der Waals surface area contributed by atoms with E-state index in [-0.39, 0.29) is 31.0 Å². The first-order valence-corrected chi connectivity index (χ1v) is 14.0. The summed E-state index contributed by atoms with van der Waals surface area (Å²) >= 11 is 0. The van der Waals surface area contributed by atoms with Crippen LogP contribution < -0.4 is 23.8 Å². The second-order valence-electron chi connectivity index (χ2n) is 8.92. The standard InChI is InChI=1S/C26H35N3O7S/c1-6-18(3)27-26(31)22(7-2)28(15-19-8-11-21(34-4)12-9-19)25(30)16-29(37(5,32)33)20-10-13-23-24(14-20)36-17-35-23/h8-14,18,22H,6-7,15-17H2,1-5H3,(H,27,31). The molecule has 3 rings (SSSR count). The van der Waals surface area contributed by atoms with Crippen LogP contribution in [0, 0.1) is 0 Å². The maximum atomic E-state index is 13.8. The molecule has 2 atom stereocenters. The Hall–Kier alpha value is -3.47. The second-order valence-corrected chi connectivity index (χ2v) is 10.8. The number of amides is 2. The third-order valence-corrected chi connectivity index (χ3v) is 7.36. The number of nitrogens with zero attached hydrogens (tertiary/aromatic N) is 2. The monoisotopic (exact) mass is 533 g/mol. The fourth-order valence-electron chi connectivity index (χ4n) is 3.94. The molecule has 10 nitrogen and oxygen atoms in total. The Kier molecular flexibility index (Phi) is 9.25. The second kappa shape index (κ2) is 12.2. The summed E-state index contributed by atoms with van der Waals surface area (Å²) in [6.07, 6.45) is 2.12. The number of anilines is 1. The first kappa shape index (κ1) is 28.1. The minimum Gasteiger partial charge on any atom is -0.497 e. The molecule has 1 N–H and O–H groups in total. The van der Waals surface area contributed by atoms with E-state index in [2.05, 4.69) is 5.32 Å². The number of methoxy groups -OCH3 is 1. The van der Waals surface area contributed by atoms with Gasteiger partial charge in [-0.3, -0.25) is 13.9 Å². The quantitative estimate of drug-likeness (QED) is 0.446. The van der Waals surface area contributed by atoms with Gasteiger partial charge in [0.05, 0.1) is 19.1 Å². The third kappa shape index (κ3) is 7.06. The zero-order valence-corrected chi connectivity index (χ0v) is 22.7. The number of fused-ring (bicyclic) bond motifs is 1. The van der Waals surface area contributed by atoms with E-state index in [0.717, 1.165) is 22.5 Å². The molecular weight excluding hydrogens is 498 g/mol. The summed E-state index contributed by atoms with van der Waals surface area (Å²) in [5, 5.41) is 2.95. The lowest BCUT2D eigenvalue weighted by atomic mass is 10.1. The lowest BCUT2D eigenvalue weighted by Gasteiger charge is -2.33. The van der Waals surface area contributed by atoms with Gasteiger partial charge in [-0.2, -0.15) is 0 Å². The van der Waals surface area contributed by atoms with Crippen molar-refractivity contribution in [2.75, 3.05) is 31.0 Å². The van der Waals surface area contributed by atoms with E-state index in [9.17, 15) is 18.0 Å². The van der Waals surface area contributed by atoms with E-state index in [1.54, 1.807) is 31.4 Å². The summed E-state index contributed by atoms with van der Waals surface area (Å²) in [4.78, 5) is 28.4. The van der Waals surface area contributed by atoms with Crippen LogP contribution in [0.5, 0.6) is 17.2 Å². The summed E-state index contributed by atoms with van der Waals surface area (Å²) in [5.74, 6) is 0.762. The number of sulfonamides is 1. The van der Waals surface area contributed by atoms with Crippen LogP contribution in [0.15, 0.2) is 42.5 Å². The highest BCUT2D eigenvalue weighted by molar-refractivity contribution is 7.92. The number of carbonyl (C=O) groups excluding carboxylic acids is 2. The zero-order chi connectivity index (χ0) is 27.2. The molecule has 0 bridgehead atoms. The van der Waals surface area contributed by atoms with Crippen LogP contribution in [-0.4, -0.2) is 63.9 Å². The molecule has 2 aromatic carbocycles. The molecule has 0 radical (unpaired) electrons. The van der Waals surface area contributed by atoms with Gasteiger partial charge >= 0.3 is 0 Å². The van der Waals surface area contributed by atoms with Crippen molar-refractivity contribution in [3.63, 3.8) is 0 Å². The summed E-state index contributed by atoms with van der Waals surface area (Å²) < 4.78 is 42.5. The van der Waals surface area contributed by atoms with E-state index >= 15 is 0 Å². The fraction of sp³-hybridized carbons (Fsp3) is 0.462. The molecule has 0 spiro atoms. The van der Waals surface area contributed by atoms with E-state index in [1.807, 2.05) is 32.9 Å². The molecule has 2 amide bonds. The van der Waals surface area contributed by atoms with Gasteiger partial charge in [-0.05, 0) is 49.6 Å². The molecule has 1 aliphatic heterocycles. The van der Waals surface area contributed by atoms with Crippen LogP contribution in [-0.2, 0) is 26.2 Å². The van der Waals surface area contributed by atoms with Gasteiger partial charge in [-0.15, -0.1) is 0 Å². The summed E-state index contributed by atoms with van der Waals surface area (Å²) in [5.41, 5.74) is 1.04. The Bertz CT molecular complexity index is 1200. The first-order valence-electron chi connectivity index (χ1n) is 12.2. The highest BCUT2D eigenvalue weighted by Crippen LogP contribution is 2.36. The van der Waals surface area contributed by atoms with Crippen molar-refractivity contribution in [2.45, 2.75) is 52.2 Å². The minimum atomic E-state index is -3.85. The molecular formula is C26H35N3O7S. The number of ether oxygens (including phenoxy) is 3. The summed E-state index contributed by atoms with van der Waals surface area (Å²) in [6, 6.07) is 11.0. The summed E-state index contributed by atoms with van der Waals surface area (Å²) in [6.45, 7) is 5.35. The molecule has 2 unspecified atom stereocenters. The van der Waals surface area contributed by atoms with Crippen molar-refractivity contribution in [1.82, 2.24) is 10.2 Å². The molecule has 0 fully saturated rings. The van der Waals surface area contributed by atoms with Crippen molar-refractivity contribution in [3.8, 4) is 17.2 Å². The van der Waals surface area contributed by atoms with Crippen molar-refractivity contribution in [2.24, 2.45) is 0 Å². The minimum absolute atomic E-state index is 0.0374. The number of rotatable bonds is 12. The van der Waals surface area contributed by atoms with Gasteiger partial charge in [0.15, 0.2) is 11.5 Å². The number of nitrogens with one attached hydrogen (secondary N) is 1. The van der Waals surface area contributed by atoms with Crippen LogP contribution in [0.2, 0.25) is 0 Å². The smallest absolute Gasteiger partial charge is 0.244 e. The Labute approximate surface area is 218 Å². The predicted molar refractivity (Wildman–Crippen MR) is 140 cm³/mol. The van der Waals surface area contributed by atoms with Gasteiger partial charge in [-0.25, -0.2) is 8.42 Å². The lowest BCUT2D eigenvalue weighted by Crippen LogP contribution is -2.53. The molecule has 0 saturated heterocycles. The number of hydrogen-bond donors (Lipinski definition) is 1. The van der Waals surface area contributed by atoms with Crippen LogP contribution in [0.25, 0.3) is 0 Å². The van der Waals surface area contributed by atoms with E-state index < -0.39 is 28.5 Å². The fourth-order valence-corrected chi connectivity index (χ4v) is 4.78. The van der Waals surface area contributed by atoms with Crippen LogP contribution in [0.3, 0.4) is 0 Å². The number of hydrogen-bond acceptors (Lipinski definition) is 7. The molecule has 1 heterocycles. The number of benzene rings is 2. The molecule has 11 heteroatoms. The van der Waals surface area contributed by atoms with Crippen LogP contribution in [0.4, 0.5) is 5.69 Å². The highest BCUT2D eigenvalue weighted by atomic mass is 32.2. The van der Waals surface area contributed by atoms with Gasteiger partial charge in [0.25, 0.3) is 0 Å². The lowest BCUT2D eigenvalue weighted by molar-refractivity contribution is -0.140. The zero-order valence-electron chi connectivity index (χ0n) is 21.9. The number of carbonyl (C=O) groups is 2. The average molecular weight is 534 g/mol. The topological polar surface area (TPSA) is 114 Å². The maximum absolute atomic E-state index is 13.8. The van der Waals surface area contributed by atoms with Crippen LogP contribution >= 0.6 is 0 Å². The molecule has 0 saturated carbocycles. The van der Waals surface area contributed by atoms with Crippen molar-refractivity contribution in [3.05, 3.63) is 48.0 Å². The van der Waals surface area contributed by atoms with E-state index in [4.69, 9.17) is 14.2 Å². The average Bonchev–Trinajstić information content (AvgIpc) is 3.34. The molecule has 0 aromatic heterocycles. The van der Waals surface area contributed by atoms with Crippen LogP contribution in [0.1, 0.15) is 39.2 Å².